The zero-order chi connectivity index (χ0) is 54.7. The van der Waals surface area contributed by atoms with E-state index in [2.05, 4.69) is 109 Å². The van der Waals surface area contributed by atoms with Gasteiger partial charge in [-0.3, -0.25) is 4.90 Å². The van der Waals surface area contributed by atoms with E-state index in [4.69, 9.17) is 55.8 Å². The summed E-state index contributed by atoms with van der Waals surface area (Å²) in [4.78, 5) is 2.35. The van der Waals surface area contributed by atoms with Crippen LogP contribution < -0.4 is 0 Å². The molecule has 6 rings (SSSR count). The molecule has 0 heterocycles. The van der Waals surface area contributed by atoms with Gasteiger partial charge in [-0.05, 0) is 180 Å². The Morgan fingerprint density at radius 1 is 0.301 bits per heavy atom. The van der Waals surface area contributed by atoms with Crippen LogP contribution in [-0.4, -0.2) is 20.2 Å². The Labute approximate surface area is 501 Å². The Morgan fingerprint density at radius 2 is 0.397 bits per heavy atom. The van der Waals surface area contributed by atoms with Crippen LogP contribution in [0.15, 0.2) is 36.4 Å². The van der Waals surface area contributed by atoms with E-state index in [1.54, 1.807) is 0 Å². The molecule has 4 nitrogen and oxygen atoms in total. The number of benzene rings is 3. The van der Waals surface area contributed by atoms with Crippen molar-refractivity contribution in [2.45, 2.75) is 165 Å². The summed E-state index contributed by atoms with van der Waals surface area (Å²) in [5, 5.41) is 30.4. The number of halogens is 6. The molecule has 3 N–H and O–H groups in total. The minimum absolute atomic E-state index is 0. The molecule has 0 aliphatic heterocycles. The van der Waals surface area contributed by atoms with Crippen molar-refractivity contribution in [1.82, 2.24) is 4.90 Å². The van der Waals surface area contributed by atoms with Gasteiger partial charge in [0.2, 0.25) is 0 Å². The Morgan fingerprint density at radius 3 is 0.493 bits per heavy atom. The average Bonchev–Trinajstić information content (AvgIpc) is 3.66. The van der Waals surface area contributed by atoms with Crippen molar-refractivity contribution in [1.29, 1.82) is 0 Å². The van der Waals surface area contributed by atoms with Crippen molar-refractivity contribution in [3.05, 3.63) is 109 Å². The Bertz CT molecular complexity index is 1540. The fraction of sp³-hybridized carbons (Fsp3) is 0.650. The number of hydrogen-bond donors (Lipinski definition) is 3. The second-order valence-corrected chi connectivity index (χ2v) is 29.7. The van der Waals surface area contributed by atoms with Crippen LogP contribution in [0.25, 0.3) is 0 Å². The molecular formula is C60H102Cl6NO3Ti3-3. The standard InChI is InChI=1S/C27H33NO3.3C10H20.3CH3.6ClH.3Ti/c1-16-7-22(8-17(2)25(16)29)13-28(14-23-9-18(3)26(30)19(4)10-23)15-24-11-20(5)27(31)21(6)12-24;3*1-6-7(2)9(4)10(5)8(6)3;;;;;;;;;;;;/h7-12,29-31H,13-15H2,1-6H3;3*6-10H,1-5H3;3*1H3;6*1H;;;/q;;;;3*-1;;;;;;;3*+2/p-6. The summed E-state index contributed by atoms with van der Waals surface area (Å²) < 4.78 is 0. The van der Waals surface area contributed by atoms with Gasteiger partial charge in [0.25, 0.3) is 0 Å². The van der Waals surface area contributed by atoms with Crippen molar-refractivity contribution < 1.29 is 66.4 Å². The van der Waals surface area contributed by atoms with Gasteiger partial charge in [0.15, 0.2) is 0 Å². The average molecular weight is 1240 g/mol. The first-order chi connectivity index (χ1) is 32.4. The van der Waals surface area contributed by atoms with Gasteiger partial charge in [-0.2, -0.15) is 0 Å². The van der Waals surface area contributed by atoms with Crippen LogP contribution in [0.3, 0.4) is 0 Å². The van der Waals surface area contributed by atoms with Crippen molar-refractivity contribution in [2.24, 2.45) is 88.8 Å². The maximum atomic E-state index is 10.1. The molecule has 73 heavy (non-hydrogen) atoms. The molecule has 0 atom stereocenters. The fourth-order valence-corrected chi connectivity index (χ4v) is 11.5. The second-order valence-electron chi connectivity index (χ2n) is 22.0. The van der Waals surface area contributed by atoms with E-state index in [9.17, 15) is 15.3 Å². The molecule has 0 saturated heterocycles. The summed E-state index contributed by atoms with van der Waals surface area (Å²) in [5.74, 6) is 15.1. The van der Waals surface area contributed by atoms with Crippen LogP contribution in [0.4, 0.5) is 0 Å². The molecular weight excluding hydrogens is 1140 g/mol. The van der Waals surface area contributed by atoms with Crippen LogP contribution in [0, 0.1) is 153 Å². The number of hydrogen-bond acceptors (Lipinski definition) is 4. The van der Waals surface area contributed by atoms with Gasteiger partial charge in [0, 0.05) is 19.6 Å². The van der Waals surface area contributed by atoms with E-state index < -0.39 is 51.1 Å². The molecule has 0 amide bonds. The van der Waals surface area contributed by atoms with E-state index >= 15 is 0 Å². The second kappa shape index (κ2) is 40.1. The van der Waals surface area contributed by atoms with E-state index in [1.807, 2.05) is 77.9 Å². The number of rotatable bonds is 6. The number of nitrogens with zero attached hydrogens (tertiary/aromatic N) is 1. The Kier molecular flexibility index (Phi) is 44.2. The van der Waals surface area contributed by atoms with Gasteiger partial charge in [0.1, 0.15) is 17.2 Å². The maximum absolute atomic E-state index is 10.1. The molecule has 3 aromatic rings. The topological polar surface area (TPSA) is 63.9 Å². The third-order valence-corrected chi connectivity index (χ3v) is 18.3. The summed E-state index contributed by atoms with van der Waals surface area (Å²) in [5.41, 5.74) is 8.70. The van der Waals surface area contributed by atoms with Gasteiger partial charge in [-0.15, -0.1) is 0 Å². The minimum atomic E-state index is -0.556. The molecule has 0 spiro atoms. The molecule has 422 valence electrons. The number of aromatic hydroxyl groups is 3. The first-order valence-corrected chi connectivity index (χ1v) is 38.3. The number of phenolic OH excluding ortho intramolecular Hbond substituents is 3. The van der Waals surface area contributed by atoms with Gasteiger partial charge in [0.05, 0.1) is 0 Å². The van der Waals surface area contributed by atoms with E-state index in [1.165, 1.54) is 0 Å². The van der Waals surface area contributed by atoms with Gasteiger partial charge in [-0.1, -0.05) is 140 Å². The normalized spacial score (nSPS) is 28.2. The van der Waals surface area contributed by atoms with Crippen LogP contribution in [0.2, 0.25) is 0 Å². The zero-order valence-corrected chi connectivity index (χ0v) is 59.0. The molecule has 0 bridgehead atoms. The van der Waals surface area contributed by atoms with Gasteiger partial charge in [-0.25, -0.2) is 0 Å². The van der Waals surface area contributed by atoms with Crippen molar-refractivity contribution in [3.8, 4) is 17.2 Å². The number of phenols is 3. The quantitative estimate of drug-likeness (QED) is 0.170. The third-order valence-electron chi connectivity index (χ3n) is 18.3. The predicted molar refractivity (Wildman–Crippen MR) is 318 cm³/mol. The van der Waals surface area contributed by atoms with Crippen LogP contribution >= 0.6 is 55.8 Å². The summed E-state index contributed by atoms with van der Waals surface area (Å²) in [6, 6.07) is 12.2. The van der Waals surface area contributed by atoms with Crippen molar-refractivity contribution in [3.63, 3.8) is 0 Å². The van der Waals surface area contributed by atoms with E-state index in [0.29, 0.717) is 17.2 Å². The fourth-order valence-electron chi connectivity index (χ4n) is 11.5. The van der Waals surface area contributed by atoms with Gasteiger partial charge < -0.3 is 37.6 Å². The van der Waals surface area contributed by atoms with Crippen LogP contribution in [0.1, 0.15) is 154 Å². The first-order valence-electron chi connectivity index (χ1n) is 25.4. The van der Waals surface area contributed by atoms with Gasteiger partial charge >= 0.3 is 107 Å². The predicted octanol–water partition coefficient (Wildman–Crippen LogP) is 20.9. The van der Waals surface area contributed by atoms with E-state index in [-0.39, 0.29) is 22.3 Å². The third kappa shape index (κ3) is 25.1. The van der Waals surface area contributed by atoms with E-state index in [0.717, 1.165) is 158 Å². The molecule has 3 saturated carbocycles. The summed E-state index contributed by atoms with van der Waals surface area (Å²) in [6.45, 7) is 49.7. The molecule has 0 aromatic heterocycles. The van der Waals surface area contributed by atoms with Crippen LogP contribution in [-0.2, 0) is 70.7 Å². The SMILES string of the molecule is CC1C(C)C(C)C(C)C1C.CC1C(C)C(C)C(C)C1C.CC1C(C)C(C)C(C)C1C.Cc1cc(CN(Cc2cc(C)c(O)c(C)c2)Cc2cc(C)c(O)c(C)c2)cc(C)c1O.[CH3-].[CH3-].[CH3-].[Cl][Ti][Cl].[Cl][Ti][Cl].[Cl][Ti][Cl]. The molecule has 3 fully saturated rings. The summed E-state index contributed by atoms with van der Waals surface area (Å²) >= 11 is -1.67. The zero-order valence-electron chi connectivity index (χ0n) is 49.8. The summed E-state index contributed by atoms with van der Waals surface area (Å²) in [7, 11) is 29.3. The molecule has 3 aromatic carbocycles. The Hall–Kier alpha value is 0.903. The molecule has 0 radical (unpaired) electrons. The summed E-state index contributed by atoms with van der Waals surface area (Å²) in [6.07, 6.45) is 0. The number of aryl methyl sites for hydroxylation is 6. The van der Waals surface area contributed by atoms with Crippen molar-refractivity contribution >= 4 is 55.8 Å². The molecule has 0 unspecified atom stereocenters. The molecule has 3 aliphatic carbocycles. The van der Waals surface area contributed by atoms with Crippen molar-refractivity contribution in [2.75, 3.05) is 0 Å². The molecule has 3 aliphatic rings. The Balaban J connectivity index is -0.000000465. The first kappa shape index (κ1) is 80.4. The monoisotopic (exact) mass is 1240 g/mol. The van der Waals surface area contributed by atoms with Crippen LogP contribution in [0.5, 0.6) is 17.2 Å². The molecule has 13 heteroatoms.